The normalized spacial score (nSPS) is 12.2. The lowest BCUT2D eigenvalue weighted by Crippen LogP contribution is -2.37. The van der Waals surface area contributed by atoms with Gasteiger partial charge >= 0.3 is 11.8 Å². The van der Waals surface area contributed by atoms with Gasteiger partial charge in [0.15, 0.2) is 0 Å². The van der Waals surface area contributed by atoms with Crippen molar-refractivity contribution < 1.29 is 17.6 Å². The van der Waals surface area contributed by atoms with Crippen molar-refractivity contribution in [2.24, 2.45) is 0 Å². The first-order chi connectivity index (χ1) is 12.3. The second-order valence-corrected chi connectivity index (χ2v) is 5.94. The Morgan fingerprint density at radius 3 is 1.88 bits per heavy atom. The van der Waals surface area contributed by atoms with Crippen molar-refractivity contribution in [3.8, 4) is 0 Å². The first-order valence-corrected chi connectivity index (χ1v) is 8.18. The van der Waals surface area contributed by atoms with E-state index in [1.165, 1.54) is 30.3 Å². The molecule has 0 saturated heterocycles. The summed E-state index contributed by atoms with van der Waals surface area (Å²) < 4.78 is 59.1. The Morgan fingerprint density at radius 1 is 0.769 bits per heavy atom. The fourth-order valence-corrected chi connectivity index (χ4v) is 2.77. The lowest BCUT2D eigenvalue weighted by atomic mass is 9.92. The van der Waals surface area contributed by atoms with E-state index in [0.717, 1.165) is 18.2 Å². The molecule has 0 aromatic heterocycles. The van der Waals surface area contributed by atoms with Gasteiger partial charge in [-0.1, -0.05) is 66.7 Å². The minimum Gasteiger partial charge on any atom is -0.292 e. The predicted octanol–water partition coefficient (Wildman–Crippen LogP) is 5.74. The Morgan fingerprint density at radius 2 is 1.31 bits per heavy atom. The van der Waals surface area contributed by atoms with E-state index in [1.54, 1.807) is 23.1 Å². The van der Waals surface area contributed by atoms with Crippen LogP contribution in [0.2, 0.25) is 0 Å². The Balaban J connectivity index is 2.43. The van der Waals surface area contributed by atoms with Gasteiger partial charge in [-0.3, -0.25) is 4.90 Å². The molecular weight excluding hydrogens is 342 g/mol. The first kappa shape index (κ1) is 19.9. The molecule has 0 unspecified atom stereocenters. The highest BCUT2D eigenvalue weighted by molar-refractivity contribution is 5.36. The standard InChI is InChI=1S/C21H21F4N/c1-3-14-26(15-4-2)16-17-10-8-9-13-19(17)21(24,25)20(22,23)18-11-6-5-7-12-18/h3-13H,1-2,14-16H2. The number of rotatable bonds is 9. The van der Waals surface area contributed by atoms with Gasteiger partial charge in [-0.05, 0) is 5.56 Å². The molecule has 0 aliphatic rings. The van der Waals surface area contributed by atoms with Crippen molar-refractivity contribution in [3.63, 3.8) is 0 Å². The molecule has 0 heterocycles. The van der Waals surface area contributed by atoms with E-state index in [9.17, 15) is 17.6 Å². The van der Waals surface area contributed by atoms with Crippen LogP contribution >= 0.6 is 0 Å². The summed E-state index contributed by atoms with van der Waals surface area (Å²) in [4.78, 5) is 1.79. The summed E-state index contributed by atoms with van der Waals surface area (Å²) in [6, 6.07) is 11.6. The zero-order valence-electron chi connectivity index (χ0n) is 14.3. The predicted molar refractivity (Wildman–Crippen MR) is 96.3 cm³/mol. The summed E-state index contributed by atoms with van der Waals surface area (Å²) in [7, 11) is 0. The topological polar surface area (TPSA) is 3.24 Å². The van der Waals surface area contributed by atoms with E-state index in [2.05, 4.69) is 13.2 Å². The Bertz CT molecular complexity index is 731. The van der Waals surface area contributed by atoms with Gasteiger partial charge in [0, 0.05) is 30.8 Å². The molecule has 2 rings (SSSR count). The molecule has 0 spiro atoms. The van der Waals surface area contributed by atoms with Crippen molar-refractivity contribution >= 4 is 0 Å². The summed E-state index contributed by atoms with van der Waals surface area (Å²) >= 11 is 0. The van der Waals surface area contributed by atoms with Gasteiger partial charge in [0.1, 0.15) is 0 Å². The van der Waals surface area contributed by atoms with Gasteiger partial charge in [0.05, 0.1) is 0 Å². The van der Waals surface area contributed by atoms with E-state index < -0.39 is 23.0 Å². The van der Waals surface area contributed by atoms with Crippen LogP contribution in [0.15, 0.2) is 79.9 Å². The van der Waals surface area contributed by atoms with Gasteiger partial charge in [0.2, 0.25) is 0 Å². The molecule has 26 heavy (non-hydrogen) atoms. The number of nitrogens with zero attached hydrogens (tertiary/aromatic N) is 1. The molecular formula is C21H21F4N. The summed E-state index contributed by atoms with van der Waals surface area (Å²) in [6.07, 6.45) is 3.26. The molecule has 0 atom stereocenters. The van der Waals surface area contributed by atoms with E-state index in [0.29, 0.717) is 13.1 Å². The number of halogens is 4. The molecule has 0 bridgehead atoms. The Labute approximate surface area is 151 Å². The molecule has 1 nitrogen and oxygen atoms in total. The SMILES string of the molecule is C=CCN(CC=C)Cc1ccccc1C(F)(F)C(F)(F)c1ccccc1. The molecule has 5 heteroatoms. The zero-order chi connectivity index (χ0) is 19.2. The van der Waals surface area contributed by atoms with Crippen LogP contribution < -0.4 is 0 Å². The molecule has 2 aromatic carbocycles. The second-order valence-electron chi connectivity index (χ2n) is 5.94. The third kappa shape index (κ3) is 4.05. The van der Waals surface area contributed by atoms with Crippen LogP contribution in [0.25, 0.3) is 0 Å². The van der Waals surface area contributed by atoms with Crippen molar-refractivity contribution in [2.75, 3.05) is 13.1 Å². The summed E-state index contributed by atoms with van der Waals surface area (Å²) in [5.41, 5.74) is -1.24. The third-order valence-corrected chi connectivity index (χ3v) is 4.05. The number of hydrogen-bond donors (Lipinski definition) is 0. The molecule has 2 aromatic rings. The third-order valence-electron chi connectivity index (χ3n) is 4.05. The maximum atomic E-state index is 14.9. The highest BCUT2D eigenvalue weighted by Gasteiger charge is 2.59. The van der Waals surface area contributed by atoms with Gasteiger partial charge in [-0.15, -0.1) is 13.2 Å². The van der Waals surface area contributed by atoms with Crippen LogP contribution in [0.1, 0.15) is 16.7 Å². The summed E-state index contributed by atoms with van der Waals surface area (Å²) in [5.74, 6) is -8.68. The van der Waals surface area contributed by atoms with Crippen molar-refractivity contribution in [1.82, 2.24) is 4.90 Å². The molecule has 0 radical (unpaired) electrons. The van der Waals surface area contributed by atoms with Crippen LogP contribution in [0.3, 0.4) is 0 Å². The second kappa shape index (κ2) is 8.32. The van der Waals surface area contributed by atoms with Crippen LogP contribution in [0.5, 0.6) is 0 Å². The molecule has 0 aliphatic heterocycles. The Hall–Kier alpha value is -2.40. The molecule has 0 saturated carbocycles. The van der Waals surface area contributed by atoms with Gasteiger partial charge in [-0.25, -0.2) is 0 Å². The lowest BCUT2D eigenvalue weighted by molar-refractivity contribution is -0.224. The van der Waals surface area contributed by atoms with E-state index >= 15 is 0 Å². The maximum absolute atomic E-state index is 14.9. The average molecular weight is 363 g/mol. The van der Waals surface area contributed by atoms with Gasteiger partial charge in [-0.2, -0.15) is 17.6 Å². The molecule has 0 fully saturated rings. The zero-order valence-corrected chi connectivity index (χ0v) is 14.3. The van der Waals surface area contributed by atoms with E-state index in [1.807, 2.05) is 0 Å². The van der Waals surface area contributed by atoms with Gasteiger partial charge in [0.25, 0.3) is 0 Å². The highest BCUT2D eigenvalue weighted by Crippen LogP contribution is 2.50. The first-order valence-electron chi connectivity index (χ1n) is 8.18. The van der Waals surface area contributed by atoms with Crippen LogP contribution in [0.4, 0.5) is 17.6 Å². The van der Waals surface area contributed by atoms with Crippen LogP contribution in [0, 0.1) is 0 Å². The smallest absolute Gasteiger partial charge is 0.292 e. The summed E-state index contributed by atoms with van der Waals surface area (Å²) in [5, 5.41) is 0. The molecule has 0 aliphatic carbocycles. The summed E-state index contributed by atoms with van der Waals surface area (Å²) in [6.45, 7) is 8.22. The number of hydrogen-bond acceptors (Lipinski definition) is 1. The average Bonchev–Trinajstić information content (AvgIpc) is 2.63. The van der Waals surface area contributed by atoms with E-state index in [4.69, 9.17) is 0 Å². The van der Waals surface area contributed by atoms with Gasteiger partial charge < -0.3 is 0 Å². The van der Waals surface area contributed by atoms with E-state index in [-0.39, 0.29) is 12.1 Å². The molecule has 138 valence electrons. The molecule has 0 N–H and O–H groups in total. The van der Waals surface area contributed by atoms with Crippen molar-refractivity contribution in [3.05, 3.63) is 96.6 Å². The van der Waals surface area contributed by atoms with Crippen LogP contribution in [-0.4, -0.2) is 18.0 Å². The largest absolute Gasteiger partial charge is 0.340 e. The molecule has 0 amide bonds. The minimum absolute atomic E-state index is 0.0919. The van der Waals surface area contributed by atoms with Crippen molar-refractivity contribution in [2.45, 2.75) is 18.4 Å². The number of alkyl halides is 4. The van der Waals surface area contributed by atoms with Crippen molar-refractivity contribution in [1.29, 1.82) is 0 Å². The minimum atomic E-state index is -4.35. The fraction of sp³-hybridized carbons (Fsp3) is 0.238. The fourth-order valence-electron chi connectivity index (χ4n) is 2.77. The Kier molecular flexibility index (Phi) is 6.37. The monoisotopic (exact) mass is 363 g/mol. The van der Waals surface area contributed by atoms with Crippen LogP contribution in [-0.2, 0) is 18.4 Å². The quantitative estimate of drug-likeness (QED) is 0.405. The maximum Gasteiger partial charge on any atom is 0.340 e. The lowest BCUT2D eigenvalue weighted by Gasteiger charge is -2.30. The number of benzene rings is 2. The highest BCUT2D eigenvalue weighted by atomic mass is 19.3.